The number of anilines is 3. The number of nitrogens with zero attached hydrogens (tertiary/aromatic N) is 1. The molecule has 6 aromatic rings. The Morgan fingerprint density at radius 3 is 2.00 bits per heavy atom. The summed E-state index contributed by atoms with van der Waals surface area (Å²) in [6.07, 6.45) is 0. The third-order valence-corrected chi connectivity index (χ3v) is 8.40. The van der Waals surface area contributed by atoms with E-state index in [0.29, 0.717) is 0 Å². The summed E-state index contributed by atoms with van der Waals surface area (Å²) in [6.45, 7) is 6.91. The molecule has 0 unspecified atom stereocenters. The molecule has 0 atom stereocenters. The van der Waals surface area contributed by atoms with Crippen LogP contribution in [0.4, 0.5) is 17.1 Å². The first kappa shape index (κ1) is 23.5. The molecule has 0 saturated carbocycles. The van der Waals surface area contributed by atoms with Crippen LogP contribution >= 0.6 is 0 Å². The van der Waals surface area contributed by atoms with Crippen molar-refractivity contribution in [1.82, 2.24) is 0 Å². The fourth-order valence-corrected chi connectivity index (χ4v) is 6.42. The van der Waals surface area contributed by atoms with Crippen LogP contribution in [0.25, 0.3) is 33.0 Å². The van der Waals surface area contributed by atoms with Crippen molar-refractivity contribution < 1.29 is 0 Å². The van der Waals surface area contributed by atoms with Gasteiger partial charge in [-0.05, 0) is 81.4 Å². The van der Waals surface area contributed by atoms with Crippen LogP contribution in [-0.4, -0.2) is 0 Å². The predicted molar refractivity (Wildman–Crippen MR) is 166 cm³/mol. The van der Waals surface area contributed by atoms with Crippen LogP contribution in [0.1, 0.15) is 30.5 Å². The van der Waals surface area contributed by atoms with Crippen molar-refractivity contribution in [2.24, 2.45) is 0 Å². The molecule has 1 heteroatoms. The van der Waals surface area contributed by atoms with E-state index in [4.69, 9.17) is 0 Å². The average molecular weight is 502 g/mol. The van der Waals surface area contributed by atoms with Gasteiger partial charge in [0.25, 0.3) is 0 Å². The molecule has 0 fully saturated rings. The Balaban J connectivity index is 1.52. The lowest BCUT2D eigenvalue weighted by molar-refractivity contribution is 0.660. The first-order chi connectivity index (χ1) is 19.0. The zero-order valence-electron chi connectivity index (χ0n) is 22.6. The Morgan fingerprint density at radius 2 is 1.18 bits per heavy atom. The Kier molecular flexibility index (Phi) is 5.42. The molecule has 1 nitrogen and oxygen atoms in total. The number of fused-ring (bicyclic) bond motifs is 4. The quantitative estimate of drug-likeness (QED) is 0.232. The first-order valence-corrected chi connectivity index (χ1v) is 13.7. The van der Waals surface area contributed by atoms with Gasteiger partial charge in [-0.25, -0.2) is 0 Å². The van der Waals surface area contributed by atoms with Gasteiger partial charge in [-0.1, -0.05) is 117 Å². The topological polar surface area (TPSA) is 3.24 Å². The molecule has 0 radical (unpaired) electrons. The maximum Gasteiger partial charge on any atom is 0.0546 e. The summed E-state index contributed by atoms with van der Waals surface area (Å²) < 4.78 is 0. The maximum absolute atomic E-state index is 2.44. The molecular formula is C38H31N. The lowest BCUT2D eigenvalue weighted by Gasteiger charge is -2.30. The molecule has 0 N–H and O–H groups in total. The predicted octanol–water partition coefficient (Wildman–Crippen LogP) is 10.6. The molecule has 0 amide bonds. The molecule has 0 bridgehead atoms. The van der Waals surface area contributed by atoms with Gasteiger partial charge in [-0.2, -0.15) is 0 Å². The molecule has 188 valence electrons. The molecule has 6 aromatic carbocycles. The van der Waals surface area contributed by atoms with Crippen molar-refractivity contribution in [3.05, 3.63) is 150 Å². The van der Waals surface area contributed by atoms with E-state index >= 15 is 0 Å². The van der Waals surface area contributed by atoms with Gasteiger partial charge in [-0.3, -0.25) is 0 Å². The van der Waals surface area contributed by atoms with E-state index in [1.807, 2.05) is 0 Å². The van der Waals surface area contributed by atoms with Crippen LogP contribution in [0.5, 0.6) is 0 Å². The fourth-order valence-electron chi connectivity index (χ4n) is 6.42. The van der Waals surface area contributed by atoms with Crippen LogP contribution in [0.15, 0.2) is 133 Å². The summed E-state index contributed by atoms with van der Waals surface area (Å²) in [5.41, 5.74) is 12.7. The summed E-state index contributed by atoms with van der Waals surface area (Å²) in [5.74, 6) is 0. The molecule has 1 aliphatic carbocycles. The smallest absolute Gasteiger partial charge is 0.0546 e. The third-order valence-electron chi connectivity index (χ3n) is 8.40. The van der Waals surface area contributed by atoms with Crippen molar-refractivity contribution in [2.45, 2.75) is 26.2 Å². The Labute approximate surface area is 231 Å². The van der Waals surface area contributed by atoms with Crippen LogP contribution < -0.4 is 4.90 Å². The minimum atomic E-state index is -0.0630. The number of rotatable bonds is 4. The van der Waals surface area contributed by atoms with E-state index in [0.717, 1.165) is 5.69 Å². The van der Waals surface area contributed by atoms with Crippen LogP contribution in [0.3, 0.4) is 0 Å². The fraction of sp³-hybridized carbons (Fsp3) is 0.105. The van der Waals surface area contributed by atoms with Crippen LogP contribution in [0.2, 0.25) is 0 Å². The van der Waals surface area contributed by atoms with Crippen LogP contribution in [-0.2, 0) is 5.41 Å². The second kappa shape index (κ2) is 8.99. The molecule has 0 aromatic heterocycles. The van der Waals surface area contributed by atoms with Gasteiger partial charge in [0.2, 0.25) is 0 Å². The molecule has 1 aliphatic rings. The molecule has 0 spiro atoms. The SMILES string of the molecule is Cc1ccccc1-c1c(N(c2ccccc2)c2ccc3c(c2)C(C)(C)c2ccccc2-3)ccc2ccccc12. The highest BCUT2D eigenvalue weighted by molar-refractivity contribution is 6.06. The second-order valence-corrected chi connectivity index (χ2v) is 11.1. The van der Waals surface area contributed by atoms with E-state index in [1.165, 1.54) is 61.1 Å². The first-order valence-electron chi connectivity index (χ1n) is 13.7. The normalized spacial score (nSPS) is 13.2. The van der Waals surface area contributed by atoms with E-state index < -0.39 is 0 Å². The van der Waals surface area contributed by atoms with Crippen LogP contribution in [0, 0.1) is 6.92 Å². The molecule has 39 heavy (non-hydrogen) atoms. The molecule has 0 aliphatic heterocycles. The van der Waals surface area contributed by atoms with Crippen molar-refractivity contribution in [3.8, 4) is 22.3 Å². The van der Waals surface area contributed by atoms with E-state index in [-0.39, 0.29) is 5.41 Å². The Morgan fingerprint density at radius 1 is 0.513 bits per heavy atom. The number of aryl methyl sites for hydroxylation is 1. The van der Waals surface area contributed by atoms with Crippen molar-refractivity contribution in [3.63, 3.8) is 0 Å². The zero-order chi connectivity index (χ0) is 26.6. The van der Waals surface area contributed by atoms with Gasteiger partial charge >= 0.3 is 0 Å². The number of hydrogen-bond donors (Lipinski definition) is 0. The van der Waals surface area contributed by atoms with Crippen molar-refractivity contribution >= 4 is 27.8 Å². The summed E-state index contributed by atoms with van der Waals surface area (Å²) in [6, 6.07) is 48.7. The third kappa shape index (κ3) is 3.69. The highest BCUT2D eigenvalue weighted by atomic mass is 15.1. The van der Waals surface area contributed by atoms with Gasteiger partial charge in [0.1, 0.15) is 0 Å². The molecule has 7 rings (SSSR count). The van der Waals surface area contributed by atoms with Gasteiger partial charge in [0.15, 0.2) is 0 Å². The molecular weight excluding hydrogens is 470 g/mol. The second-order valence-electron chi connectivity index (χ2n) is 11.1. The largest absolute Gasteiger partial charge is 0.310 e. The van der Waals surface area contributed by atoms with E-state index in [1.54, 1.807) is 0 Å². The Hall–Kier alpha value is -4.62. The minimum Gasteiger partial charge on any atom is -0.310 e. The van der Waals surface area contributed by atoms with Crippen molar-refractivity contribution in [1.29, 1.82) is 0 Å². The zero-order valence-corrected chi connectivity index (χ0v) is 22.6. The minimum absolute atomic E-state index is 0.0630. The summed E-state index contributed by atoms with van der Waals surface area (Å²) in [4.78, 5) is 2.44. The lowest BCUT2D eigenvalue weighted by atomic mass is 9.82. The molecule has 0 saturated heterocycles. The summed E-state index contributed by atoms with van der Waals surface area (Å²) in [5, 5.41) is 2.51. The van der Waals surface area contributed by atoms with Gasteiger partial charge < -0.3 is 4.90 Å². The number of para-hydroxylation sites is 1. The summed E-state index contributed by atoms with van der Waals surface area (Å²) >= 11 is 0. The standard InChI is InChI=1S/C38H31N/c1-26-13-7-9-17-30(26)37-31-18-10-8-14-27(31)21-24-36(37)39(28-15-5-4-6-16-28)29-22-23-33-32-19-11-12-20-34(32)38(2,3)35(33)25-29/h4-25H,1-3H3. The van der Waals surface area contributed by atoms with E-state index in [9.17, 15) is 0 Å². The number of benzene rings is 6. The Bertz CT molecular complexity index is 1840. The maximum atomic E-state index is 2.44. The van der Waals surface area contributed by atoms with Gasteiger partial charge in [0, 0.05) is 22.4 Å². The molecule has 0 heterocycles. The van der Waals surface area contributed by atoms with E-state index in [2.05, 4.69) is 159 Å². The summed E-state index contributed by atoms with van der Waals surface area (Å²) in [7, 11) is 0. The highest BCUT2D eigenvalue weighted by Gasteiger charge is 2.35. The van der Waals surface area contributed by atoms with Gasteiger partial charge in [0.05, 0.1) is 5.69 Å². The number of hydrogen-bond acceptors (Lipinski definition) is 1. The van der Waals surface area contributed by atoms with Crippen molar-refractivity contribution in [2.75, 3.05) is 4.90 Å². The van der Waals surface area contributed by atoms with Gasteiger partial charge in [-0.15, -0.1) is 0 Å². The monoisotopic (exact) mass is 501 g/mol. The highest BCUT2D eigenvalue weighted by Crippen LogP contribution is 2.51. The lowest BCUT2D eigenvalue weighted by Crippen LogP contribution is -2.17. The average Bonchev–Trinajstić information content (AvgIpc) is 3.20.